The van der Waals surface area contributed by atoms with Gasteiger partial charge in [0.25, 0.3) is 0 Å². The standard InChI is InChI=1S/C18H33N7O7/c1-9(2)14(17(32)23-8-13(28)29)25-16(31)11(4-3-7-22-18(20)21)24-15(30)10(19)5-6-12(26)27/h9-11,14H,3-8,19H2,1-2H3,(H,23,32)(H,24,30)(H,25,31)(H,26,27)(H,28,29)(H4,20,21,22)/t10-,11-,14-/m0/s1. The van der Waals surface area contributed by atoms with E-state index in [1.54, 1.807) is 13.8 Å². The summed E-state index contributed by atoms with van der Waals surface area (Å²) in [5.74, 6) is -5.01. The molecule has 14 nitrogen and oxygen atoms in total. The molecule has 0 fully saturated rings. The number of amides is 3. The number of carboxylic acids is 2. The highest BCUT2D eigenvalue weighted by molar-refractivity contribution is 5.93. The van der Waals surface area contributed by atoms with Crippen LogP contribution in [0.25, 0.3) is 0 Å². The number of aliphatic carboxylic acids is 2. The Balaban J connectivity index is 5.29. The van der Waals surface area contributed by atoms with Crippen LogP contribution in [0.2, 0.25) is 0 Å². The van der Waals surface area contributed by atoms with Gasteiger partial charge in [-0.05, 0) is 25.2 Å². The Morgan fingerprint density at radius 3 is 2.03 bits per heavy atom. The first-order chi connectivity index (χ1) is 14.8. The zero-order valence-electron chi connectivity index (χ0n) is 18.2. The first kappa shape index (κ1) is 28.6. The van der Waals surface area contributed by atoms with Crippen molar-refractivity contribution in [3.05, 3.63) is 0 Å². The monoisotopic (exact) mass is 459 g/mol. The summed E-state index contributed by atoms with van der Waals surface area (Å²) in [7, 11) is 0. The normalized spacial score (nSPS) is 13.4. The minimum absolute atomic E-state index is 0.0988. The van der Waals surface area contributed by atoms with E-state index in [1.807, 2.05) is 0 Å². The fourth-order valence-corrected chi connectivity index (χ4v) is 2.52. The van der Waals surface area contributed by atoms with Crippen LogP contribution in [0.5, 0.6) is 0 Å². The summed E-state index contributed by atoms with van der Waals surface area (Å²) in [4.78, 5) is 62.5. The van der Waals surface area contributed by atoms with Gasteiger partial charge in [-0.2, -0.15) is 0 Å². The fourth-order valence-electron chi connectivity index (χ4n) is 2.52. The van der Waals surface area contributed by atoms with Crippen molar-refractivity contribution in [1.29, 1.82) is 0 Å². The van der Waals surface area contributed by atoms with E-state index < -0.39 is 54.3 Å². The number of carbonyl (C=O) groups is 5. The van der Waals surface area contributed by atoms with Gasteiger partial charge in [-0.3, -0.25) is 29.0 Å². The Morgan fingerprint density at radius 2 is 1.53 bits per heavy atom. The lowest BCUT2D eigenvalue weighted by molar-refractivity contribution is -0.139. The number of hydrogen-bond acceptors (Lipinski definition) is 7. The van der Waals surface area contributed by atoms with E-state index in [0.29, 0.717) is 6.42 Å². The molecular weight excluding hydrogens is 426 g/mol. The van der Waals surface area contributed by atoms with Crippen molar-refractivity contribution in [3.63, 3.8) is 0 Å². The number of carboxylic acid groups (broad SMARTS) is 2. The first-order valence-electron chi connectivity index (χ1n) is 9.98. The predicted molar refractivity (Wildman–Crippen MR) is 114 cm³/mol. The van der Waals surface area contributed by atoms with Gasteiger partial charge in [-0.15, -0.1) is 0 Å². The smallest absolute Gasteiger partial charge is 0.322 e. The third kappa shape index (κ3) is 12.3. The quantitative estimate of drug-likeness (QED) is 0.0702. The van der Waals surface area contributed by atoms with Gasteiger partial charge in [0.2, 0.25) is 17.7 Å². The van der Waals surface area contributed by atoms with E-state index >= 15 is 0 Å². The Hall–Kier alpha value is -3.42. The maximum absolute atomic E-state index is 12.8. The summed E-state index contributed by atoms with van der Waals surface area (Å²) in [5.41, 5.74) is 16.2. The van der Waals surface area contributed by atoms with Crippen molar-refractivity contribution in [2.45, 2.75) is 57.7 Å². The van der Waals surface area contributed by atoms with Gasteiger partial charge in [0.15, 0.2) is 5.96 Å². The number of carbonyl (C=O) groups excluding carboxylic acids is 3. The lowest BCUT2D eigenvalue weighted by atomic mass is 10.0. The highest BCUT2D eigenvalue weighted by Gasteiger charge is 2.29. The molecule has 0 radical (unpaired) electrons. The summed E-state index contributed by atoms with van der Waals surface area (Å²) >= 11 is 0. The topological polar surface area (TPSA) is 252 Å². The third-order valence-electron chi connectivity index (χ3n) is 4.24. The molecule has 0 saturated heterocycles. The van der Waals surface area contributed by atoms with Crippen LogP contribution < -0.4 is 33.2 Å². The molecule has 0 aromatic rings. The van der Waals surface area contributed by atoms with Gasteiger partial charge in [0.05, 0.1) is 6.04 Å². The lowest BCUT2D eigenvalue weighted by Crippen LogP contribution is -2.57. The molecule has 0 unspecified atom stereocenters. The molecule has 0 aromatic heterocycles. The zero-order chi connectivity index (χ0) is 24.8. The largest absolute Gasteiger partial charge is 0.481 e. The molecule has 0 aromatic carbocycles. The molecule has 0 saturated carbocycles. The van der Waals surface area contributed by atoms with Crippen LogP contribution in [0.15, 0.2) is 4.99 Å². The van der Waals surface area contributed by atoms with Crippen molar-refractivity contribution >= 4 is 35.6 Å². The van der Waals surface area contributed by atoms with Crippen LogP contribution in [-0.4, -0.2) is 77.0 Å². The lowest BCUT2D eigenvalue weighted by Gasteiger charge is -2.25. The van der Waals surface area contributed by atoms with E-state index in [4.69, 9.17) is 27.4 Å². The SMILES string of the molecule is CC(C)[C@H](NC(=O)[C@H](CCCN=C(N)N)NC(=O)[C@@H](N)CCC(=O)O)C(=O)NCC(=O)O. The molecule has 11 N–H and O–H groups in total. The number of hydrogen-bond donors (Lipinski definition) is 8. The summed E-state index contributed by atoms with van der Waals surface area (Å²) < 4.78 is 0. The van der Waals surface area contributed by atoms with Gasteiger partial charge < -0.3 is 43.4 Å². The van der Waals surface area contributed by atoms with E-state index in [1.165, 1.54) is 0 Å². The van der Waals surface area contributed by atoms with Crippen LogP contribution in [0.1, 0.15) is 39.5 Å². The number of nitrogens with zero attached hydrogens (tertiary/aromatic N) is 1. The van der Waals surface area contributed by atoms with E-state index in [-0.39, 0.29) is 37.7 Å². The molecule has 182 valence electrons. The number of rotatable bonds is 15. The summed E-state index contributed by atoms with van der Waals surface area (Å²) in [6.45, 7) is 2.87. The molecule has 0 bridgehead atoms. The Labute approximate surface area is 185 Å². The number of nitrogens with two attached hydrogens (primary N) is 3. The minimum atomic E-state index is -1.24. The maximum atomic E-state index is 12.8. The molecule has 0 aliphatic carbocycles. The second-order valence-corrected chi connectivity index (χ2v) is 7.39. The van der Waals surface area contributed by atoms with Crippen LogP contribution in [0.3, 0.4) is 0 Å². The molecule has 14 heteroatoms. The molecule has 0 spiro atoms. The molecule has 0 rings (SSSR count). The molecule has 32 heavy (non-hydrogen) atoms. The van der Waals surface area contributed by atoms with Gasteiger partial charge in [-0.1, -0.05) is 13.8 Å². The Kier molecular flexibility index (Phi) is 13.0. The second-order valence-electron chi connectivity index (χ2n) is 7.39. The third-order valence-corrected chi connectivity index (χ3v) is 4.24. The van der Waals surface area contributed by atoms with E-state index in [2.05, 4.69) is 20.9 Å². The predicted octanol–water partition coefficient (Wildman–Crippen LogP) is -2.94. The van der Waals surface area contributed by atoms with Crippen molar-refractivity contribution in [3.8, 4) is 0 Å². The molecular formula is C18H33N7O7. The Bertz CT molecular complexity index is 708. The van der Waals surface area contributed by atoms with E-state index in [9.17, 15) is 24.0 Å². The first-order valence-corrected chi connectivity index (χ1v) is 9.98. The van der Waals surface area contributed by atoms with Crippen LogP contribution in [0, 0.1) is 5.92 Å². The van der Waals surface area contributed by atoms with Gasteiger partial charge in [0.1, 0.15) is 18.6 Å². The van der Waals surface area contributed by atoms with Crippen molar-refractivity contribution < 1.29 is 34.2 Å². The van der Waals surface area contributed by atoms with Crippen molar-refractivity contribution in [1.82, 2.24) is 16.0 Å². The molecule has 3 atom stereocenters. The average Bonchev–Trinajstić information content (AvgIpc) is 2.69. The summed E-state index contributed by atoms with van der Waals surface area (Å²) in [5, 5.41) is 24.6. The maximum Gasteiger partial charge on any atom is 0.322 e. The second kappa shape index (κ2) is 14.6. The summed E-state index contributed by atoms with van der Waals surface area (Å²) in [6, 6.07) is -3.32. The fraction of sp³-hybridized carbons (Fsp3) is 0.667. The molecule has 3 amide bonds. The van der Waals surface area contributed by atoms with Crippen molar-refractivity contribution in [2.24, 2.45) is 28.1 Å². The van der Waals surface area contributed by atoms with Crippen LogP contribution in [0.4, 0.5) is 0 Å². The average molecular weight is 460 g/mol. The van der Waals surface area contributed by atoms with Gasteiger partial charge in [-0.25, -0.2) is 0 Å². The van der Waals surface area contributed by atoms with Gasteiger partial charge in [0, 0.05) is 13.0 Å². The van der Waals surface area contributed by atoms with Crippen molar-refractivity contribution in [2.75, 3.05) is 13.1 Å². The highest BCUT2D eigenvalue weighted by atomic mass is 16.4. The highest BCUT2D eigenvalue weighted by Crippen LogP contribution is 2.06. The minimum Gasteiger partial charge on any atom is -0.481 e. The van der Waals surface area contributed by atoms with Crippen LogP contribution >= 0.6 is 0 Å². The zero-order valence-corrected chi connectivity index (χ0v) is 18.2. The van der Waals surface area contributed by atoms with Crippen LogP contribution in [-0.2, 0) is 24.0 Å². The number of nitrogens with one attached hydrogen (secondary N) is 3. The van der Waals surface area contributed by atoms with Gasteiger partial charge >= 0.3 is 11.9 Å². The molecule has 0 aliphatic heterocycles. The Morgan fingerprint density at radius 1 is 0.906 bits per heavy atom. The van der Waals surface area contributed by atoms with E-state index in [0.717, 1.165) is 0 Å². The number of aliphatic imine (C=N–C) groups is 1. The molecule has 0 aliphatic rings. The molecule has 0 heterocycles. The number of guanidine groups is 1. The summed E-state index contributed by atoms with van der Waals surface area (Å²) in [6.07, 6.45) is -0.0510.